The Labute approximate surface area is 176 Å². The van der Waals surface area contributed by atoms with E-state index in [-0.39, 0.29) is 5.91 Å². The first-order chi connectivity index (χ1) is 14.1. The van der Waals surface area contributed by atoms with Crippen LogP contribution in [0, 0.1) is 0 Å². The van der Waals surface area contributed by atoms with Crippen molar-refractivity contribution < 1.29 is 9.53 Å². The molecule has 3 heterocycles. The van der Waals surface area contributed by atoms with Gasteiger partial charge in [-0.3, -0.25) is 4.79 Å². The van der Waals surface area contributed by atoms with Crippen molar-refractivity contribution in [2.24, 2.45) is 5.73 Å². The van der Waals surface area contributed by atoms with Crippen molar-refractivity contribution in [1.29, 1.82) is 0 Å². The van der Waals surface area contributed by atoms with Crippen molar-refractivity contribution in [2.75, 3.05) is 30.0 Å². The summed E-state index contributed by atoms with van der Waals surface area (Å²) in [7, 11) is 0. The Morgan fingerprint density at radius 2 is 2.07 bits per heavy atom. The maximum Gasteiger partial charge on any atom is 0.252 e. The van der Waals surface area contributed by atoms with Crippen molar-refractivity contribution >= 4 is 40.6 Å². The minimum Gasteiger partial charge on any atom is -0.397 e. The summed E-state index contributed by atoms with van der Waals surface area (Å²) in [6.07, 6.45) is 2.23. The van der Waals surface area contributed by atoms with Gasteiger partial charge in [0.2, 0.25) is 0 Å². The number of ether oxygens (including phenoxy) is 1. The van der Waals surface area contributed by atoms with Gasteiger partial charge in [0.15, 0.2) is 11.6 Å². The number of hydrogen-bond acceptors (Lipinski definition) is 7. The lowest BCUT2D eigenvalue weighted by molar-refractivity contribution is -0.125. The van der Waals surface area contributed by atoms with Gasteiger partial charge in [-0.25, -0.2) is 9.97 Å². The summed E-state index contributed by atoms with van der Waals surface area (Å²) in [5, 5.41) is 2.92. The van der Waals surface area contributed by atoms with Crippen LogP contribution in [0.25, 0.3) is 10.6 Å². The molecule has 8 heteroatoms. The summed E-state index contributed by atoms with van der Waals surface area (Å²) in [4.78, 5) is 24.3. The maximum absolute atomic E-state index is 12.7. The Hall–Kier alpha value is -2.58. The van der Waals surface area contributed by atoms with Crippen LogP contribution in [0.15, 0.2) is 36.5 Å². The highest BCUT2D eigenvalue weighted by Crippen LogP contribution is 2.39. The van der Waals surface area contributed by atoms with Gasteiger partial charge in [0.05, 0.1) is 30.0 Å². The summed E-state index contributed by atoms with van der Waals surface area (Å²) in [6.45, 7) is 7.45. The molecule has 29 heavy (non-hydrogen) atoms. The van der Waals surface area contributed by atoms with Crippen molar-refractivity contribution in [3.63, 3.8) is 0 Å². The molecule has 0 saturated carbocycles. The topological polar surface area (TPSA) is 93.4 Å². The van der Waals surface area contributed by atoms with Gasteiger partial charge in [-0.05, 0) is 12.0 Å². The average Bonchev–Trinajstić information content (AvgIpc) is 2.80. The molecule has 1 atom stereocenters. The van der Waals surface area contributed by atoms with E-state index in [2.05, 4.69) is 22.9 Å². The quantitative estimate of drug-likeness (QED) is 0.670. The van der Waals surface area contributed by atoms with E-state index in [1.165, 1.54) is 0 Å². The predicted molar refractivity (Wildman–Crippen MR) is 120 cm³/mol. The molecule has 2 aliphatic heterocycles. The second-order valence-electron chi connectivity index (χ2n) is 6.60. The number of rotatable bonds is 3. The molecule has 1 aromatic carbocycles. The van der Waals surface area contributed by atoms with Gasteiger partial charge in [0.1, 0.15) is 11.2 Å². The van der Waals surface area contributed by atoms with E-state index in [1.54, 1.807) is 6.20 Å². The molecular weight excluding hydrogens is 386 g/mol. The summed E-state index contributed by atoms with van der Waals surface area (Å²) in [6, 6.07) is 9.57. The lowest BCUT2D eigenvalue weighted by atomic mass is 9.90. The van der Waals surface area contributed by atoms with Gasteiger partial charge in [-0.15, -0.1) is 12.6 Å². The average molecular weight is 414 g/mol. The molecule has 1 amide bonds. The molecule has 0 bridgehead atoms. The normalized spacial score (nSPS) is 21.1. The number of nitrogens with one attached hydrogen (secondary N) is 1. The van der Waals surface area contributed by atoms with Crippen LogP contribution in [0.4, 0.5) is 11.5 Å². The molecule has 1 fully saturated rings. The van der Waals surface area contributed by atoms with Gasteiger partial charge in [-0.1, -0.05) is 51.1 Å². The van der Waals surface area contributed by atoms with Crippen LogP contribution in [0.3, 0.4) is 0 Å². The molecule has 4 rings (SSSR count). The third kappa shape index (κ3) is 3.70. The van der Waals surface area contributed by atoms with E-state index in [0.717, 1.165) is 5.56 Å². The van der Waals surface area contributed by atoms with E-state index in [9.17, 15) is 4.79 Å². The SMILES string of the molecule is CC.CCC12COCCN1c1nc(/C(S)=C(/N)c3ccccc3)ncc1NC2=O. The van der Waals surface area contributed by atoms with Crippen molar-refractivity contribution in [3.8, 4) is 0 Å². The van der Waals surface area contributed by atoms with Gasteiger partial charge < -0.3 is 20.7 Å². The summed E-state index contributed by atoms with van der Waals surface area (Å²) in [5.41, 5.74) is 7.47. The van der Waals surface area contributed by atoms with Gasteiger partial charge in [0.25, 0.3) is 5.91 Å². The number of fused-ring (bicyclic) bond motifs is 3. The fraction of sp³-hybridized carbons (Fsp3) is 0.381. The third-order valence-corrected chi connectivity index (χ3v) is 5.59. The molecule has 2 aliphatic rings. The number of hydrogen-bond donors (Lipinski definition) is 3. The van der Waals surface area contributed by atoms with Gasteiger partial charge >= 0.3 is 0 Å². The van der Waals surface area contributed by atoms with E-state index in [0.29, 0.717) is 54.1 Å². The zero-order valence-corrected chi connectivity index (χ0v) is 17.9. The standard InChI is InChI=1S/C19H21N5O2S.C2H6/c1-2-19-11-26-9-8-24(19)17-13(22-18(19)25)10-21-16(23-17)15(27)14(20)12-6-4-3-5-7-12;1-2/h3-7,10,27H,2,8-9,11,20H2,1H3,(H,22,25);1-2H3/b15-14-;. The van der Waals surface area contributed by atoms with Gasteiger partial charge in [-0.2, -0.15) is 0 Å². The zero-order valence-electron chi connectivity index (χ0n) is 17.0. The van der Waals surface area contributed by atoms with Crippen LogP contribution in [0.5, 0.6) is 0 Å². The molecule has 0 aliphatic carbocycles. The summed E-state index contributed by atoms with van der Waals surface area (Å²) in [5.74, 6) is 1.02. The Kier molecular flexibility index (Phi) is 6.44. The first kappa shape index (κ1) is 21.1. The molecule has 0 spiro atoms. The maximum atomic E-state index is 12.7. The zero-order chi connectivity index (χ0) is 21.0. The molecule has 7 nitrogen and oxygen atoms in total. The highest BCUT2D eigenvalue weighted by molar-refractivity contribution is 7.90. The van der Waals surface area contributed by atoms with Crippen LogP contribution in [0.2, 0.25) is 0 Å². The van der Waals surface area contributed by atoms with E-state index in [4.69, 9.17) is 15.5 Å². The number of morpholine rings is 1. The molecule has 1 unspecified atom stereocenters. The summed E-state index contributed by atoms with van der Waals surface area (Å²) >= 11 is 4.57. The Morgan fingerprint density at radius 1 is 1.34 bits per heavy atom. The third-order valence-electron chi connectivity index (χ3n) is 5.15. The molecule has 3 N–H and O–H groups in total. The van der Waals surface area contributed by atoms with E-state index >= 15 is 0 Å². The number of thiol groups is 1. The van der Waals surface area contributed by atoms with Crippen LogP contribution in [-0.2, 0) is 9.53 Å². The minimum absolute atomic E-state index is 0.0843. The number of nitrogens with two attached hydrogens (primary N) is 1. The highest BCUT2D eigenvalue weighted by Gasteiger charge is 2.49. The molecule has 0 radical (unpaired) electrons. The Bertz CT molecular complexity index is 919. The van der Waals surface area contributed by atoms with E-state index in [1.807, 2.05) is 56.0 Å². The Morgan fingerprint density at radius 3 is 2.76 bits per heavy atom. The highest BCUT2D eigenvalue weighted by atomic mass is 32.1. The second-order valence-corrected chi connectivity index (χ2v) is 7.05. The first-order valence-corrected chi connectivity index (χ1v) is 10.3. The fourth-order valence-electron chi connectivity index (χ4n) is 3.53. The largest absolute Gasteiger partial charge is 0.397 e. The molecular formula is C21H27N5O2S. The number of aromatic nitrogens is 2. The Balaban J connectivity index is 0.00000117. The number of benzene rings is 1. The number of anilines is 2. The fourth-order valence-corrected chi connectivity index (χ4v) is 3.77. The number of carbonyl (C=O) groups excluding carboxylic acids is 1. The van der Waals surface area contributed by atoms with Crippen LogP contribution in [0.1, 0.15) is 38.6 Å². The molecule has 2 aromatic rings. The molecule has 1 saturated heterocycles. The monoisotopic (exact) mass is 413 g/mol. The second kappa shape index (κ2) is 8.84. The van der Waals surface area contributed by atoms with Crippen LogP contribution in [-0.4, -0.2) is 41.2 Å². The smallest absolute Gasteiger partial charge is 0.252 e. The van der Waals surface area contributed by atoms with Crippen molar-refractivity contribution in [3.05, 3.63) is 47.9 Å². The predicted octanol–water partition coefficient (Wildman–Crippen LogP) is 3.15. The molecule has 1 aromatic heterocycles. The number of carbonyl (C=O) groups is 1. The first-order valence-electron chi connectivity index (χ1n) is 9.85. The van der Waals surface area contributed by atoms with Crippen molar-refractivity contribution in [2.45, 2.75) is 32.7 Å². The molecule has 154 valence electrons. The minimum atomic E-state index is -0.748. The van der Waals surface area contributed by atoms with Crippen LogP contribution < -0.4 is 16.0 Å². The number of amides is 1. The summed E-state index contributed by atoms with van der Waals surface area (Å²) < 4.78 is 5.60. The number of nitrogens with zero attached hydrogens (tertiary/aromatic N) is 3. The van der Waals surface area contributed by atoms with Gasteiger partial charge in [0, 0.05) is 6.54 Å². The van der Waals surface area contributed by atoms with Crippen molar-refractivity contribution in [1.82, 2.24) is 9.97 Å². The van der Waals surface area contributed by atoms with E-state index < -0.39 is 5.54 Å². The lowest BCUT2D eigenvalue weighted by Gasteiger charge is -2.48. The van der Waals surface area contributed by atoms with Crippen LogP contribution >= 0.6 is 12.6 Å². The lowest BCUT2D eigenvalue weighted by Crippen LogP contribution is -2.66.